The minimum absolute atomic E-state index is 0.211. The van der Waals surface area contributed by atoms with Gasteiger partial charge in [-0.1, -0.05) is 6.07 Å². The molecule has 5 heteroatoms. The molecule has 4 nitrogen and oxygen atoms in total. The summed E-state index contributed by atoms with van der Waals surface area (Å²) in [5.74, 6) is -0.926. The number of rotatable bonds is 5. The van der Waals surface area contributed by atoms with Gasteiger partial charge in [-0.3, -0.25) is 4.98 Å². The number of aromatic carboxylic acids is 1. The van der Waals surface area contributed by atoms with Crippen LogP contribution in [-0.2, 0) is 6.42 Å². The molecule has 112 valence electrons. The lowest BCUT2D eigenvalue weighted by molar-refractivity contribution is 0.0696. The summed E-state index contributed by atoms with van der Waals surface area (Å²) >= 11 is 1.73. The summed E-state index contributed by atoms with van der Waals surface area (Å²) in [6.07, 6.45) is 0.896. The van der Waals surface area contributed by atoms with Crippen molar-refractivity contribution in [3.8, 4) is 0 Å². The normalized spacial score (nSPS) is 12.2. The molecule has 1 atom stereocenters. The van der Waals surface area contributed by atoms with Crippen LogP contribution in [0.1, 0.15) is 33.5 Å². The predicted octanol–water partition coefficient (Wildman–Crippen LogP) is 3.53. The standard InChI is InChI=1S/C16H20N2O2S/c1-10-8-14(15(16(19)20)12(3)17-10)18(4)11(2)9-13-6-5-7-21-13/h5-8,11H,9H2,1-4H3,(H,19,20). The Labute approximate surface area is 129 Å². The Hall–Kier alpha value is -1.88. The third-order valence-electron chi connectivity index (χ3n) is 3.64. The van der Waals surface area contributed by atoms with Gasteiger partial charge in [0.25, 0.3) is 0 Å². The van der Waals surface area contributed by atoms with Crippen molar-refractivity contribution in [3.05, 3.63) is 45.4 Å². The van der Waals surface area contributed by atoms with E-state index < -0.39 is 5.97 Å². The van der Waals surface area contributed by atoms with E-state index in [2.05, 4.69) is 23.4 Å². The molecule has 0 radical (unpaired) electrons. The third kappa shape index (κ3) is 3.42. The number of hydrogen-bond acceptors (Lipinski definition) is 4. The van der Waals surface area contributed by atoms with Crippen LogP contribution in [0.2, 0.25) is 0 Å². The second-order valence-corrected chi connectivity index (χ2v) is 6.32. The number of carbonyl (C=O) groups is 1. The predicted molar refractivity (Wildman–Crippen MR) is 86.6 cm³/mol. The van der Waals surface area contributed by atoms with Crippen molar-refractivity contribution in [3.63, 3.8) is 0 Å². The van der Waals surface area contributed by atoms with E-state index in [1.807, 2.05) is 31.0 Å². The maximum absolute atomic E-state index is 11.5. The number of thiophene rings is 1. The van der Waals surface area contributed by atoms with Crippen LogP contribution in [0.5, 0.6) is 0 Å². The third-order valence-corrected chi connectivity index (χ3v) is 4.54. The highest BCUT2D eigenvalue weighted by Crippen LogP contribution is 2.26. The number of likely N-dealkylation sites (N-methyl/N-ethyl adjacent to an activating group) is 1. The molecule has 2 aromatic rings. The van der Waals surface area contributed by atoms with E-state index in [1.165, 1.54) is 4.88 Å². The Bertz CT molecular complexity index is 638. The molecule has 1 unspecified atom stereocenters. The highest BCUT2D eigenvalue weighted by Gasteiger charge is 2.21. The lowest BCUT2D eigenvalue weighted by Crippen LogP contribution is -2.32. The molecule has 2 heterocycles. The summed E-state index contributed by atoms with van der Waals surface area (Å²) in [4.78, 5) is 19.1. The van der Waals surface area contributed by atoms with Gasteiger partial charge in [0.1, 0.15) is 5.56 Å². The van der Waals surface area contributed by atoms with Gasteiger partial charge in [-0.25, -0.2) is 4.79 Å². The van der Waals surface area contributed by atoms with E-state index in [9.17, 15) is 9.90 Å². The molecule has 0 spiro atoms. The number of carboxylic acid groups (broad SMARTS) is 1. The molecule has 2 aromatic heterocycles. The lowest BCUT2D eigenvalue weighted by atomic mass is 10.1. The smallest absolute Gasteiger partial charge is 0.339 e. The van der Waals surface area contributed by atoms with Crippen LogP contribution < -0.4 is 4.90 Å². The molecular weight excluding hydrogens is 284 g/mol. The molecule has 0 aliphatic heterocycles. The van der Waals surface area contributed by atoms with Crippen molar-refractivity contribution in [1.29, 1.82) is 0 Å². The van der Waals surface area contributed by atoms with Crippen LogP contribution >= 0.6 is 11.3 Å². The Morgan fingerprint density at radius 1 is 1.48 bits per heavy atom. The summed E-state index contributed by atoms with van der Waals surface area (Å²) in [6.45, 7) is 5.74. The van der Waals surface area contributed by atoms with Crippen molar-refractivity contribution in [2.45, 2.75) is 33.2 Å². The molecule has 0 aromatic carbocycles. The summed E-state index contributed by atoms with van der Waals surface area (Å²) < 4.78 is 0. The van der Waals surface area contributed by atoms with Gasteiger partial charge in [-0.15, -0.1) is 11.3 Å². The fraction of sp³-hybridized carbons (Fsp3) is 0.375. The second kappa shape index (κ2) is 6.26. The Morgan fingerprint density at radius 2 is 2.19 bits per heavy atom. The monoisotopic (exact) mass is 304 g/mol. The van der Waals surface area contributed by atoms with Crippen LogP contribution in [0.25, 0.3) is 0 Å². The van der Waals surface area contributed by atoms with E-state index in [1.54, 1.807) is 18.3 Å². The van der Waals surface area contributed by atoms with Crippen LogP contribution in [0, 0.1) is 13.8 Å². The summed E-state index contributed by atoms with van der Waals surface area (Å²) in [6, 6.07) is 6.20. The number of pyridine rings is 1. The molecule has 0 amide bonds. The van der Waals surface area contributed by atoms with Crippen molar-refractivity contribution < 1.29 is 9.90 Å². The van der Waals surface area contributed by atoms with Gasteiger partial charge in [0, 0.05) is 30.1 Å². The Balaban J connectivity index is 2.33. The van der Waals surface area contributed by atoms with E-state index in [-0.39, 0.29) is 6.04 Å². The summed E-state index contributed by atoms with van der Waals surface area (Å²) in [7, 11) is 1.94. The van der Waals surface area contributed by atoms with Crippen molar-refractivity contribution in [2.24, 2.45) is 0 Å². The first-order valence-corrected chi connectivity index (χ1v) is 7.75. The fourth-order valence-corrected chi connectivity index (χ4v) is 3.27. The zero-order valence-corrected chi connectivity index (χ0v) is 13.6. The van der Waals surface area contributed by atoms with E-state index >= 15 is 0 Å². The van der Waals surface area contributed by atoms with Crippen molar-refractivity contribution >= 4 is 23.0 Å². The number of carboxylic acids is 1. The van der Waals surface area contributed by atoms with E-state index in [0.717, 1.165) is 17.8 Å². The molecule has 0 saturated heterocycles. The van der Waals surface area contributed by atoms with Gasteiger partial charge in [-0.2, -0.15) is 0 Å². The quantitative estimate of drug-likeness (QED) is 0.918. The molecule has 2 rings (SSSR count). The number of aromatic nitrogens is 1. The average Bonchev–Trinajstić information content (AvgIpc) is 2.89. The highest BCUT2D eigenvalue weighted by atomic mass is 32.1. The number of aryl methyl sites for hydroxylation is 2. The molecule has 0 aliphatic rings. The molecular formula is C16H20N2O2S. The van der Waals surface area contributed by atoms with E-state index in [0.29, 0.717) is 11.3 Å². The van der Waals surface area contributed by atoms with E-state index in [4.69, 9.17) is 0 Å². The first-order chi connectivity index (χ1) is 9.90. The molecule has 0 saturated carbocycles. The van der Waals surface area contributed by atoms with Crippen LogP contribution in [0.3, 0.4) is 0 Å². The minimum atomic E-state index is -0.926. The molecule has 0 aliphatic carbocycles. The first-order valence-electron chi connectivity index (χ1n) is 6.87. The van der Waals surface area contributed by atoms with Crippen LogP contribution in [-0.4, -0.2) is 29.1 Å². The summed E-state index contributed by atoms with van der Waals surface area (Å²) in [5, 5.41) is 11.5. The maximum Gasteiger partial charge on any atom is 0.339 e. The van der Waals surface area contributed by atoms with Gasteiger partial charge in [0.05, 0.1) is 11.4 Å². The van der Waals surface area contributed by atoms with Crippen molar-refractivity contribution in [2.75, 3.05) is 11.9 Å². The van der Waals surface area contributed by atoms with Gasteiger partial charge >= 0.3 is 5.97 Å². The second-order valence-electron chi connectivity index (χ2n) is 5.29. The summed E-state index contributed by atoms with van der Waals surface area (Å²) in [5.41, 5.74) is 2.42. The van der Waals surface area contributed by atoms with Crippen molar-refractivity contribution in [1.82, 2.24) is 4.98 Å². The first kappa shape index (κ1) is 15.5. The zero-order chi connectivity index (χ0) is 15.6. The van der Waals surface area contributed by atoms with Gasteiger partial charge in [-0.05, 0) is 38.3 Å². The largest absolute Gasteiger partial charge is 0.478 e. The Morgan fingerprint density at radius 3 is 2.76 bits per heavy atom. The van der Waals surface area contributed by atoms with Gasteiger partial charge in [0.2, 0.25) is 0 Å². The fourth-order valence-electron chi connectivity index (χ4n) is 2.44. The van der Waals surface area contributed by atoms with Crippen LogP contribution in [0.4, 0.5) is 5.69 Å². The minimum Gasteiger partial charge on any atom is -0.478 e. The molecule has 21 heavy (non-hydrogen) atoms. The Kier molecular flexibility index (Phi) is 4.63. The number of nitrogens with zero attached hydrogens (tertiary/aromatic N) is 2. The SMILES string of the molecule is Cc1cc(N(C)C(C)Cc2cccs2)c(C(=O)O)c(C)n1. The van der Waals surface area contributed by atoms with Gasteiger partial charge in [0.15, 0.2) is 0 Å². The molecule has 0 bridgehead atoms. The lowest BCUT2D eigenvalue weighted by Gasteiger charge is -2.28. The van der Waals surface area contributed by atoms with Gasteiger partial charge < -0.3 is 10.0 Å². The molecule has 1 N–H and O–H groups in total. The van der Waals surface area contributed by atoms with Crippen LogP contribution in [0.15, 0.2) is 23.6 Å². The topological polar surface area (TPSA) is 53.4 Å². The average molecular weight is 304 g/mol. The molecule has 0 fully saturated rings. The highest BCUT2D eigenvalue weighted by molar-refractivity contribution is 7.09. The zero-order valence-electron chi connectivity index (χ0n) is 12.8. The number of hydrogen-bond donors (Lipinski definition) is 1. The maximum atomic E-state index is 11.5. The number of anilines is 1.